The highest BCUT2D eigenvalue weighted by Crippen LogP contribution is 2.27. The number of nitrogens with zero attached hydrogens (tertiary/aromatic N) is 2. The predicted octanol–water partition coefficient (Wildman–Crippen LogP) is 2.34. The zero-order valence-electron chi connectivity index (χ0n) is 14.7. The molecule has 1 aromatic carbocycles. The van der Waals surface area contributed by atoms with Gasteiger partial charge < -0.3 is 20.3 Å². The fourth-order valence-corrected chi connectivity index (χ4v) is 2.87. The van der Waals surface area contributed by atoms with Crippen molar-refractivity contribution in [1.29, 1.82) is 5.26 Å². The summed E-state index contributed by atoms with van der Waals surface area (Å²) in [6.45, 7) is 5.76. The van der Waals surface area contributed by atoms with Crippen LogP contribution in [0.2, 0.25) is 0 Å². The molecule has 0 spiro atoms. The number of hydrogen-bond donors (Lipinski definition) is 2. The molecule has 7 heteroatoms. The van der Waals surface area contributed by atoms with E-state index >= 15 is 0 Å². The van der Waals surface area contributed by atoms with Gasteiger partial charge in [0.1, 0.15) is 5.75 Å². The number of piperidine rings is 1. The summed E-state index contributed by atoms with van der Waals surface area (Å²) in [6.07, 6.45) is 1.56. The number of benzene rings is 1. The molecule has 25 heavy (non-hydrogen) atoms. The van der Waals surface area contributed by atoms with Gasteiger partial charge in [0, 0.05) is 19.6 Å². The van der Waals surface area contributed by atoms with E-state index in [1.807, 2.05) is 13.8 Å². The third-order valence-electron chi connectivity index (χ3n) is 4.08. The van der Waals surface area contributed by atoms with Crippen LogP contribution >= 0.6 is 0 Å². The lowest BCUT2D eigenvalue weighted by molar-refractivity contribution is -0.126. The van der Waals surface area contributed by atoms with Crippen molar-refractivity contribution in [2.75, 3.05) is 31.6 Å². The SMILES string of the molecule is CCNC(=O)[C@@H]1CCCN(C(=O)Nc2cc(C#N)ccc2OCC)C1. The van der Waals surface area contributed by atoms with Crippen LogP contribution < -0.4 is 15.4 Å². The van der Waals surface area contributed by atoms with Gasteiger partial charge in [0.2, 0.25) is 5.91 Å². The number of anilines is 1. The van der Waals surface area contributed by atoms with E-state index in [9.17, 15) is 9.59 Å². The van der Waals surface area contributed by atoms with Crippen molar-refractivity contribution in [3.63, 3.8) is 0 Å². The lowest BCUT2D eigenvalue weighted by Gasteiger charge is -2.32. The Bertz CT molecular complexity index is 669. The highest BCUT2D eigenvalue weighted by molar-refractivity contribution is 5.92. The van der Waals surface area contributed by atoms with Crippen LogP contribution in [0.5, 0.6) is 5.75 Å². The van der Waals surface area contributed by atoms with Crippen molar-refractivity contribution < 1.29 is 14.3 Å². The van der Waals surface area contributed by atoms with E-state index in [-0.39, 0.29) is 17.9 Å². The molecule has 1 fully saturated rings. The second-order valence-corrected chi connectivity index (χ2v) is 5.87. The van der Waals surface area contributed by atoms with Gasteiger partial charge in [-0.25, -0.2) is 4.79 Å². The lowest BCUT2D eigenvalue weighted by Crippen LogP contribution is -2.46. The summed E-state index contributed by atoms with van der Waals surface area (Å²) in [5, 5.41) is 14.7. The number of carbonyl (C=O) groups excluding carboxylic acids is 2. The van der Waals surface area contributed by atoms with Gasteiger partial charge in [0.05, 0.1) is 29.8 Å². The Kier molecular flexibility index (Phi) is 6.63. The molecule has 3 amide bonds. The Morgan fingerprint density at radius 1 is 1.40 bits per heavy atom. The second-order valence-electron chi connectivity index (χ2n) is 5.87. The van der Waals surface area contributed by atoms with Crippen LogP contribution in [0, 0.1) is 17.2 Å². The molecule has 1 atom stereocenters. The summed E-state index contributed by atoms with van der Waals surface area (Å²) in [5.41, 5.74) is 0.906. The van der Waals surface area contributed by atoms with Gasteiger partial charge in [0.15, 0.2) is 0 Å². The fourth-order valence-electron chi connectivity index (χ4n) is 2.87. The van der Waals surface area contributed by atoms with Crippen LogP contribution in [0.15, 0.2) is 18.2 Å². The maximum Gasteiger partial charge on any atom is 0.321 e. The third kappa shape index (κ3) is 4.86. The molecule has 1 aliphatic heterocycles. The first-order chi connectivity index (χ1) is 12.1. The molecule has 0 aliphatic carbocycles. The van der Waals surface area contributed by atoms with E-state index in [0.29, 0.717) is 43.2 Å². The normalized spacial score (nSPS) is 16.7. The van der Waals surface area contributed by atoms with E-state index in [1.54, 1.807) is 23.1 Å². The summed E-state index contributed by atoms with van der Waals surface area (Å²) in [4.78, 5) is 26.3. The summed E-state index contributed by atoms with van der Waals surface area (Å²) >= 11 is 0. The molecule has 0 aromatic heterocycles. The maximum absolute atomic E-state index is 12.6. The average Bonchev–Trinajstić information content (AvgIpc) is 2.63. The van der Waals surface area contributed by atoms with Crippen LogP contribution in [0.4, 0.5) is 10.5 Å². The molecule has 0 radical (unpaired) electrons. The van der Waals surface area contributed by atoms with Crippen LogP contribution in [-0.4, -0.2) is 43.1 Å². The van der Waals surface area contributed by atoms with Crippen molar-refractivity contribution in [3.05, 3.63) is 23.8 Å². The number of urea groups is 1. The molecule has 7 nitrogen and oxygen atoms in total. The molecule has 1 heterocycles. The number of likely N-dealkylation sites (tertiary alicyclic amines) is 1. The standard InChI is InChI=1S/C18H24N4O3/c1-3-20-17(23)14-6-5-9-22(12-14)18(24)21-15-10-13(11-19)7-8-16(15)25-4-2/h7-8,10,14H,3-6,9,12H2,1-2H3,(H,20,23)(H,21,24)/t14-/m1/s1. The first kappa shape index (κ1) is 18.6. The van der Waals surface area contributed by atoms with Gasteiger partial charge in [-0.05, 0) is 44.9 Å². The fraction of sp³-hybridized carbons (Fsp3) is 0.500. The van der Waals surface area contributed by atoms with Crippen molar-refractivity contribution in [2.24, 2.45) is 5.92 Å². The molecule has 134 valence electrons. The molecule has 1 aliphatic rings. The largest absolute Gasteiger partial charge is 0.492 e. The summed E-state index contributed by atoms with van der Waals surface area (Å²) in [7, 11) is 0. The highest BCUT2D eigenvalue weighted by Gasteiger charge is 2.28. The van der Waals surface area contributed by atoms with E-state index in [2.05, 4.69) is 16.7 Å². The van der Waals surface area contributed by atoms with Gasteiger partial charge >= 0.3 is 6.03 Å². The quantitative estimate of drug-likeness (QED) is 0.857. The van der Waals surface area contributed by atoms with E-state index in [4.69, 9.17) is 10.00 Å². The van der Waals surface area contributed by atoms with Gasteiger partial charge in [-0.3, -0.25) is 4.79 Å². The second kappa shape index (κ2) is 8.92. The van der Waals surface area contributed by atoms with Crippen LogP contribution in [0.25, 0.3) is 0 Å². The summed E-state index contributed by atoms with van der Waals surface area (Å²) in [5.74, 6) is 0.324. The number of nitrogens with one attached hydrogen (secondary N) is 2. The van der Waals surface area contributed by atoms with Gasteiger partial charge in [-0.15, -0.1) is 0 Å². The Morgan fingerprint density at radius 2 is 2.20 bits per heavy atom. The molecular formula is C18H24N4O3. The van der Waals surface area contributed by atoms with E-state index in [1.165, 1.54) is 0 Å². The zero-order valence-corrected chi connectivity index (χ0v) is 14.7. The molecule has 1 aromatic rings. The van der Waals surface area contributed by atoms with Gasteiger partial charge in [-0.2, -0.15) is 5.26 Å². The maximum atomic E-state index is 12.6. The minimum atomic E-state index is -0.287. The zero-order chi connectivity index (χ0) is 18.2. The van der Waals surface area contributed by atoms with Gasteiger partial charge in [0.25, 0.3) is 0 Å². The van der Waals surface area contributed by atoms with Crippen LogP contribution in [0.3, 0.4) is 0 Å². The first-order valence-corrected chi connectivity index (χ1v) is 8.59. The third-order valence-corrected chi connectivity index (χ3v) is 4.08. The number of ether oxygens (including phenoxy) is 1. The van der Waals surface area contributed by atoms with Crippen molar-refractivity contribution in [2.45, 2.75) is 26.7 Å². The molecule has 2 rings (SSSR count). The highest BCUT2D eigenvalue weighted by atomic mass is 16.5. The van der Waals surface area contributed by atoms with E-state index < -0.39 is 0 Å². The number of rotatable bonds is 5. The Hall–Kier alpha value is -2.75. The molecule has 0 saturated carbocycles. The number of amides is 3. The number of hydrogen-bond acceptors (Lipinski definition) is 4. The van der Waals surface area contributed by atoms with Crippen molar-refractivity contribution in [3.8, 4) is 11.8 Å². The van der Waals surface area contributed by atoms with Crippen molar-refractivity contribution >= 4 is 17.6 Å². The molecule has 0 bridgehead atoms. The summed E-state index contributed by atoms with van der Waals surface area (Å²) < 4.78 is 5.51. The van der Waals surface area contributed by atoms with Gasteiger partial charge in [-0.1, -0.05) is 0 Å². The van der Waals surface area contributed by atoms with Crippen LogP contribution in [-0.2, 0) is 4.79 Å². The minimum absolute atomic E-state index is 0.0125. The predicted molar refractivity (Wildman–Crippen MR) is 94.3 cm³/mol. The monoisotopic (exact) mass is 344 g/mol. The molecular weight excluding hydrogens is 320 g/mol. The summed E-state index contributed by atoms with van der Waals surface area (Å²) in [6, 6.07) is 6.67. The smallest absolute Gasteiger partial charge is 0.321 e. The Morgan fingerprint density at radius 3 is 2.88 bits per heavy atom. The molecule has 1 saturated heterocycles. The Balaban J connectivity index is 2.08. The number of carbonyl (C=O) groups is 2. The topological polar surface area (TPSA) is 94.5 Å². The van der Waals surface area contributed by atoms with Crippen LogP contribution in [0.1, 0.15) is 32.3 Å². The Labute approximate surface area is 147 Å². The number of nitriles is 1. The molecule has 0 unspecified atom stereocenters. The molecule has 2 N–H and O–H groups in total. The first-order valence-electron chi connectivity index (χ1n) is 8.59. The minimum Gasteiger partial charge on any atom is -0.492 e. The van der Waals surface area contributed by atoms with Crippen molar-refractivity contribution in [1.82, 2.24) is 10.2 Å². The van der Waals surface area contributed by atoms with E-state index in [0.717, 1.165) is 12.8 Å². The lowest BCUT2D eigenvalue weighted by atomic mass is 9.97. The average molecular weight is 344 g/mol.